The van der Waals surface area contributed by atoms with Crippen LogP contribution in [0.25, 0.3) is 0 Å². The second-order valence-corrected chi connectivity index (χ2v) is 5.34. The first-order valence-electron chi connectivity index (χ1n) is 6.42. The summed E-state index contributed by atoms with van der Waals surface area (Å²) >= 11 is 5.69. The molecule has 2 rings (SSSR count). The molecule has 0 saturated carbocycles. The maximum Gasteiger partial charge on any atom is 0.142 e. The Morgan fingerprint density at radius 1 is 1.15 bits per heavy atom. The van der Waals surface area contributed by atoms with Crippen LogP contribution in [-0.2, 0) is 11.8 Å². The number of hydrogen-bond acceptors (Lipinski definition) is 2. The van der Waals surface area contributed by atoms with Gasteiger partial charge in [-0.25, -0.2) is 4.39 Å². The minimum absolute atomic E-state index is 0.0933. The average Bonchev–Trinajstić information content (AvgIpc) is 2.49. The summed E-state index contributed by atoms with van der Waals surface area (Å²) < 4.78 is 13.5. The van der Waals surface area contributed by atoms with Gasteiger partial charge in [0.1, 0.15) is 5.82 Å². The molecular formula is C16H17ClFNO. The molecule has 0 aromatic heterocycles. The average molecular weight is 294 g/mol. The predicted molar refractivity (Wildman–Crippen MR) is 79.4 cm³/mol. The van der Waals surface area contributed by atoms with Gasteiger partial charge in [-0.15, -0.1) is 0 Å². The molecule has 2 nitrogen and oxygen atoms in total. The molecule has 4 heteroatoms. The van der Waals surface area contributed by atoms with Crippen LogP contribution < -0.4 is 5.73 Å². The minimum Gasteiger partial charge on any atom is -0.395 e. The van der Waals surface area contributed by atoms with Crippen LogP contribution >= 0.6 is 11.6 Å². The highest BCUT2D eigenvalue weighted by Gasteiger charge is 2.30. The van der Waals surface area contributed by atoms with Crippen LogP contribution in [0.1, 0.15) is 11.1 Å². The van der Waals surface area contributed by atoms with Crippen molar-refractivity contribution in [2.45, 2.75) is 11.8 Å². The monoisotopic (exact) mass is 293 g/mol. The van der Waals surface area contributed by atoms with Crippen LogP contribution in [0.3, 0.4) is 0 Å². The number of hydrogen-bond donors (Lipinski definition) is 2. The fourth-order valence-electron chi connectivity index (χ4n) is 2.34. The third kappa shape index (κ3) is 3.01. The lowest BCUT2D eigenvalue weighted by atomic mass is 9.76. The van der Waals surface area contributed by atoms with Crippen molar-refractivity contribution in [2.24, 2.45) is 5.73 Å². The summed E-state index contributed by atoms with van der Waals surface area (Å²) in [6.07, 6.45) is 0.456. The summed E-state index contributed by atoms with van der Waals surface area (Å²) in [4.78, 5) is 0. The van der Waals surface area contributed by atoms with E-state index in [-0.39, 0.29) is 18.2 Å². The van der Waals surface area contributed by atoms with E-state index in [1.165, 1.54) is 12.1 Å². The van der Waals surface area contributed by atoms with Crippen LogP contribution in [0.15, 0.2) is 48.5 Å². The molecule has 2 aromatic carbocycles. The summed E-state index contributed by atoms with van der Waals surface area (Å²) in [5.41, 5.74) is 6.98. The summed E-state index contributed by atoms with van der Waals surface area (Å²) in [7, 11) is 0. The van der Waals surface area contributed by atoms with E-state index in [2.05, 4.69) is 0 Å². The molecule has 0 heterocycles. The molecule has 3 N–H and O–H groups in total. The summed E-state index contributed by atoms with van der Waals surface area (Å²) in [5.74, 6) is -0.457. The van der Waals surface area contributed by atoms with Gasteiger partial charge >= 0.3 is 0 Å². The van der Waals surface area contributed by atoms with Gasteiger partial charge < -0.3 is 10.8 Å². The molecule has 0 bridgehead atoms. The Balaban J connectivity index is 2.36. The van der Waals surface area contributed by atoms with Crippen molar-refractivity contribution in [3.63, 3.8) is 0 Å². The number of aliphatic hydroxyl groups excluding tert-OH is 1. The molecule has 0 aliphatic carbocycles. The molecule has 0 fully saturated rings. The first-order valence-corrected chi connectivity index (χ1v) is 6.79. The molecule has 2 aromatic rings. The Bertz CT molecular complexity index is 570. The number of aliphatic hydroxyl groups is 1. The van der Waals surface area contributed by atoms with Gasteiger partial charge in [-0.3, -0.25) is 0 Å². The van der Waals surface area contributed by atoms with E-state index < -0.39 is 11.2 Å². The highest BCUT2D eigenvalue weighted by atomic mass is 35.5. The second-order valence-electron chi connectivity index (χ2n) is 4.93. The van der Waals surface area contributed by atoms with Gasteiger partial charge in [-0.2, -0.15) is 0 Å². The first kappa shape index (κ1) is 15.0. The zero-order chi connectivity index (χ0) is 14.6. The number of nitrogens with two attached hydrogens (primary N) is 1. The molecule has 1 atom stereocenters. The maximum absolute atomic E-state index is 13.5. The van der Waals surface area contributed by atoms with E-state index in [0.29, 0.717) is 6.42 Å². The van der Waals surface area contributed by atoms with Crippen LogP contribution in [0.4, 0.5) is 4.39 Å². The van der Waals surface area contributed by atoms with Crippen molar-refractivity contribution in [1.29, 1.82) is 0 Å². The third-order valence-electron chi connectivity index (χ3n) is 3.61. The molecule has 1 unspecified atom stereocenters. The van der Waals surface area contributed by atoms with E-state index in [1.54, 1.807) is 6.07 Å². The number of rotatable bonds is 5. The van der Waals surface area contributed by atoms with Gasteiger partial charge in [0.2, 0.25) is 0 Å². The van der Waals surface area contributed by atoms with Crippen molar-refractivity contribution in [3.8, 4) is 0 Å². The molecular weight excluding hydrogens is 277 g/mol. The Labute approximate surface area is 123 Å². The van der Waals surface area contributed by atoms with Gasteiger partial charge in [-0.05, 0) is 29.7 Å². The lowest BCUT2D eigenvalue weighted by Gasteiger charge is -2.31. The Kier molecular flexibility index (Phi) is 4.76. The van der Waals surface area contributed by atoms with E-state index in [1.807, 2.05) is 30.3 Å². The summed E-state index contributed by atoms with van der Waals surface area (Å²) in [6, 6.07) is 14.2. The second kappa shape index (κ2) is 6.35. The fourth-order valence-corrected chi connectivity index (χ4v) is 2.45. The van der Waals surface area contributed by atoms with Crippen molar-refractivity contribution in [2.75, 3.05) is 13.2 Å². The molecule has 0 amide bonds. The lowest BCUT2D eigenvalue weighted by Crippen LogP contribution is -2.41. The molecule has 0 radical (unpaired) electrons. The number of benzene rings is 2. The SMILES string of the molecule is NCC(CO)(Cc1ccc(Cl)c(F)c1)c1ccccc1. The smallest absolute Gasteiger partial charge is 0.142 e. The Hall–Kier alpha value is -1.42. The van der Waals surface area contributed by atoms with Crippen molar-refractivity contribution in [1.82, 2.24) is 0 Å². The lowest BCUT2D eigenvalue weighted by molar-refractivity contribution is 0.196. The standard InChI is InChI=1S/C16H17ClFNO/c17-14-7-6-12(8-15(14)18)9-16(10-19,11-20)13-4-2-1-3-5-13/h1-8,20H,9-11,19H2. The van der Waals surface area contributed by atoms with Crippen LogP contribution in [0, 0.1) is 5.82 Å². The highest BCUT2D eigenvalue weighted by Crippen LogP contribution is 2.28. The Morgan fingerprint density at radius 2 is 1.85 bits per heavy atom. The van der Waals surface area contributed by atoms with E-state index in [9.17, 15) is 9.50 Å². The van der Waals surface area contributed by atoms with Crippen LogP contribution in [-0.4, -0.2) is 18.3 Å². The van der Waals surface area contributed by atoms with E-state index >= 15 is 0 Å². The van der Waals surface area contributed by atoms with Gasteiger partial charge in [0.15, 0.2) is 0 Å². The minimum atomic E-state index is -0.610. The third-order valence-corrected chi connectivity index (χ3v) is 3.91. The number of halogens is 2. The molecule has 0 spiro atoms. The van der Waals surface area contributed by atoms with Gasteiger partial charge in [-0.1, -0.05) is 48.0 Å². The van der Waals surface area contributed by atoms with E-state index in [4.69, 9.17) is 17.3 Å². The largest absolute Gasteiger partial charge is 0.395 e. The molecule has 0 saturated heterocycles. The fraction of sp³-hybridized carbons (Fsp3) is 0.250. The highest BCUT2D eigenvalue weighted by molar-refractivity contribution is 6.30. The topological polar surface area (TPSA) is 46.2 Å². The van der Waals surface area contributed by atoms with E-state index in [0.717, 1.165) is 11.1 Å². The quantitative estimate of drug-likeness (QED) is 0.890. The zero-order valence-electron chi connectivity index (χ0n) is 11.0. The molecule has 106 valence electrons. The molecule has 0 aliphatic rings. The van der Waals surface area contributed by atoms with Crippen molar-refractivity contribution >= 4 is 11.6 Å². The molecule has 20 heavy (non-hydrogen) atoms. The van der Waals surface area contributed by atoms with Gasteiger partial charge in [0.05, 0.1) is 11.6 Å². The predicted octanol–water partition coefficient (Wildman–Crippen LogP) is 2.91. The van der Waals surface area contributed by atoms with Crippen molar-refractivity contribution in [3.05, 3.63) is 70.5 Å². The van der Waals surface area contributed by atoms with Gasteiger partial charge in [0.25, 0.3) is 0 Å². The van der Waals surface area contributed by atoms with Crippen LogP contribution in [0.2, 0.25) is 5.02 Å². The normalized spacial score (nSPS) is 14.0. The first-order chi connectivity index (χ1) is 9.61. The van der Waals surface area contributed by atoms with Gasteiger partial charge in [0, 0.05) is 12.0 Å². The zero-order valence-corrected chi connectivity index (χ0v) is 11.8. The maximum atomic E-state index is 13.5. The van der Waals surface area contributed by atoms with Crippen molar-refractivity contribution < 1.29 is 9.50 Å². The summed E-state index contributed by atoms with van der Waals surface area (Å²) in [5, 5.41) is 9.91. The Morgan fingerprint density at radius 3 is 2.40 bits per heavy atom. The molecule has 0 aliphatic heterocycles. The summed E-state index contributed by atoms with van der Waals surface area (Å²) in [6.45, 7) is 0.176. The van der Waals surface area contributed by atoms with Crippen LogP contribution in [0.5, 0.6) is 0 Å².